The van der Waals surface area contributed by atoms with Crippen molar-refractivity contribution in [2.75, 3.05) is 0 Å². The van der Waals surface area contributed by atoms with Gasteiger partial charge in [0.1, 0.15) is 0 Å². The van der Waals surface area contributed by atoms with Gasteiger partial charge in [-0.3, -0.25) is 4.74 Å². The summed E-state index contributed by atoms with van der Waals surface area (Å²) in [7, 11) is 0. The first-order valence-electron chi connectivity index (χ1n) is 7.83. The third-order valence-electron chi connectivity index (χ3n) is 3.79. The molecule has 0 amide bonds. The fourth-order valence-electron chi connectivity index (χ4n) is 2.08. The van der Waals surface area contributed by atoms with Crippen molar-refractivity contribution in [1.82, 2.24) is 0 Å². The second-order valence-electron chi connectivity index (χ2n) is 6.35. The predicted molar refractivity (Wildman–Crippen MR) is 67.2 cm³/mol. The summed E-state index contributed by atoms with van der Waals surface area (Å²) in [6, 6.07) is 0. The average Bonchev–Trinajstić information content (AvgIpc) is 2.54. The Kier molecular flexibility index (Phi) is 7.55. The smallest absolute Gasteiger partial charge is 0.269 e. The molecule has 0 bridgehead atoms. The molecule has 0 radical (unpaired) electrons. The van der Waals surface area contributed by atoms with Crippen LogP contribution >= 0.6 is 0 Å². The van der Waals surface area contributed by atoms with Crippen molar-refractivity contribution < 1.29 is 98.0 Å². The van der Waals surface area contributed by atoms with Crippen molar-refractivity contribution in [2.24, 2.45) is 5.92 Å². The molecule has 1 saturated carbocycles. The predicted octanol–water partition coefficient (Wildman–Crippen LogP) is 6.64. The summed E-state index contributed by atoms with van der Waals surface area (Å²) < 4.78 is 240. The van der Waals surface area contributed by atoms with E-state index in [1.54, 1.807) is 4.74 Å². The molecule has 1 rings (SSSR count). The maximum absolute atomic E-state index is 14.0. The van der Waals surface area contributed by atoms with Gasteiger partial charge in [-0.1, -0.05) is 6.08 Å². The Bertz CT molecular complexity index is 792. The molecule has 0 aromatic carbocycles. The van der Waals surface area contributed by atoms with Gasteiger partial charge in [0, 0.05) is 12.3 Å². The first-order chi connectivity index (χ1) is 15.0. The summed E-state index contributed by atoms with van der Waals surface area (Å²) in [5, 5.41) is 0. The van der Waals surface area contributed by atoms with E-state index in [1.165, 1.54) is 9.47 Å². The summed E-state index contributed by atoms with van der Waals surface area (Å²) in [5.41, 5.74) is 0. The van der Waals surface area contributed by atoms with Gasteiger partial charge in [0.15, 0.2) is 0 Å². The van der Waals surface area contributed by atoms with Crippen molar-refractivity contribution in [1.29, 1.82) is 0 Å². The van der Waals surface area contributed by atoms with E-state index in [0.717, 1.165) is 0 Å². The highest BCUT2D eigenvalue weighted by Gasteiger charge is 2.80. The quantitative estimate of drug-likeness (QED) is 0.207. The summed E-state index contributed by atoms with van der Waals surface area (Å²) in [4.78, 5) is 0. The van der Waals surface area contributed by atoms with Gasteiger partial charge in [-0.25, -0.2) is 27.4 Å². The molecule has 0 aliphatic heterocycles. The molecule has 1 fully saturated rings. The molecular weight excluding hydrogens is 562 g/mol. The summed E-state index contributed by atoms with van der Waals surface area (Å²) >= 11 is 0. The lowest BCUT2D eigenvalue weighted by Crippen LogP contribution is -2.67. The lowest BCUT2D eigenvalue weighted by molar-refractivity contribution is -0.583. The van der Waals surface area contributed by atoms with Crippen LogP contribution in [0.25, 0.3) is 0 Å². The summed E-state index contributed by atoms with van der Waals surface area (Å²) in [6.07, 6.45) is -52.6. The Labute approximate surface area is 179 Å². The minimum absolute atomic E-state index is 0.106. The zero-order chi connectivity index (χ0) is 28.3. The monoisotopic (exact) mass is 568 g/mol. The van der Waals surface area contributed by atoms with Gasteiger partial charge < -0.3 is 0 Å². The van der Waals surface area contributed by atoms with Gasteiger partial charge in [-0.05, 0) is 0 Å². The van der Waals surface area contributed by atoms with E-state index in [0.29, 0.717) is 0 Å². The fraction of sp³-hybridized carbons (Fsp3) is 0.846. The molecule has 0 aromatic rings. The highest BCUT2D eigenvalue weighted by molar-refractivity contribution is 5.11. The van der Waals surface area contributed by atoms with Crippen LogP contribution in [0, 0.1) is 5.92 Å². The van der Waals surface area contributed by atoms with E-state index < -0.39 is 67.1 Å². The zero-order valence-corrected chi connectivity index (χ0v) is 15.5. The maximum atomic E-state index is 14.0. The molecular formula is C13H6F18O4. The van der Waals surface area contributed by atoms with E-state index in [2.05, 4.69) is 11.3 Å². The number of rotatable bonds is 11. The SMILES string of the molecule is C=C[C@H]1CC(F)(F)[C@]1(F)OC(F)(F)C(F)(F)OC(F)(F)C(F)(F)OC(F)(F)C(F)(F)OC(F)(F)F. The third kappa shape index (κ3) is 5.84. The highest BCUT2D eigenvalue weighted by Crippen LogP contribution is 2.59. The first-order valence-corrected chi connectivity index (χ1v) is 7.83. The second kappa shape index (κ2) is 8.43. The van der Waals surface area contributed by atoms with Gasteiger partial charge in [0.05, 0.1) is 0 Å². The Balaban J connectivity index is 3.19. The molecule has 35 heavy (non-hydrogen) atoms. The fourth-order valence-corrected chi connectivity index (χ4v) is 2.08. The molecule has 0 heterocycles. The molecule has 2 atom stereocenters. The normalized spacial score (nSPS) is 24.8. The maximum Gasteiger partial charge on any atom is 0.527 e. The van der Waals surface area contributed by atoms with Crippen molar-refractivity contribution in [3.63, 3.8) is 0 Å². The molecule has 1 aliphatic carbocycles. The molecule has 0 saturated heterocycles. The van der Waals surface area contributed by atoms with Crippen molar-refractivity contribution >= 4 is 0 Å². The molecule has 0 aromatic heterocycles. The minimum Gasteiger partial charge on any atom is -0.269 e. The van der Waals surface area contributed by atoms with E-state index >= 15 is 0 Å². The Morgan fingerprint density at radius 1 is 0.571 bits per heavy atom. The van der Waals surface area contributed by atoms with Crippen molar-refractivity contribution in [3.8, 4) is 0 Å². The van der Waals surface area contributed by atoms with Crippen LogP contribution in [-0.2, 0) is 18.9 Å². The van der Waals surface area contributed by atoms with Crippen LogP contribution in [0.15, 0.2) is 12.7 Å². The lowest BCUT2D eigenvalue weighted by atomic mass is 9.75. The van der Waals surface area contributed by atoms with Crippen LogP contribution in [0.3, 0.4) is 0 Å². The van der Waals surface area contributed by atoms with E-state index in [9.17, 15) is 79.0 Å². The molecule has 0 unspecified atom stereocenters. The Morgan fingerprint density at radius 2 is 0.886 bits per heavy atom. The van der Waals surface area contributed by atoms with Crippen LogP contribution in [0.2, 0.25) is 0 Å². The van der Waals surface area contributed by atoms with Crippen molar-refractivity contribution in [2.45, 2.75) is 61.2 Å². The van der Waals surface area contributed by atoms with Gasteiger partial charge in [0.25, 0.3) is 5.85 Å². The van der Waals surface area contributed by atoms with Gasteiger partial charge >= 0.3 is 48.9 Å². The molecule has 22 heteroatoms. The van der Waals surface area contributed by atoms with Crippen LogP contribution in [0.4, 0.5) is 79.0 Å². The average molecular weight is 568 g/mol. The van der Waals surface area contributed by atoms with Crippen LogP contribution in [0.5, 0.6) is 0 Å². The van der Waals surface area contributed by atoms with Crippen LogP contribution in [-0.4, -0.2) is 54.8 Å². The Morgan fingerprint density at radius 3 is 1.17 bits per heavy atom. The van der Waals surface area contributed by atoms with E-state index in [1.807, 2.05) is 0 Å². The molecule has 208 valence electrons. The number of hydrogen-bond donors (Lipinski definition) is 0. The van der Waals surface area contributed by atoms with E-state index in [-0.39, 0.29) is 6.08 Å². The third-order valence-corrected chi connectivity index (χ3v) is 3.79. The second-order valence-corrected chi connectivity index (χ2v) is 6.35. The lowest BCUT2D eigenvalue weighted by Gasteiger charge is -2.49. The molecule has 0 N–H and O–H groups in total. The number of hydrogen-bond acceptors (Lipinski definition) is 4. The van der Waals surface area contributed by atoms with Crippen molar-refractivity contribution in [3.05, 3.63) is 12.7 Å². The topological polar surface area (TPSA) is 36.9 Å². The first kappa shape index (κ1) is 31.4. The highest BCUT2D eigenvalue weighted by atomic mass is 19.4. The number of alkyl halides is 18. The number of ether oxygens (including phenoxy) is 4. The van der Waals surface area contributed by atoms with Gasteiger partial charge in [0.2, 0.25) is 0 Å². The largest absolute Gasteiger partial charge is 0.527 e. The van der Waals surface area contributed by atoms with Crippen LogP contribution < -0.4 is 0 Å². The van der Waals surface area contributed by atoms with E-state index in [4.69, 9.17) is 0 Å². The minimum atomic E-state index is -7.61. The Hall–Kier alpha value is -1.68. The molecule has 0 spiro atoms. The summed E-state index contributed by atoms with van der Waals surface area (Å²) in [5.74, 6) is -12.7. The number of halogens is 18. The standard InChI is InChI=1S/C13H6F18O4/c1-2-4-3-5(14,15)6(4,16)32-7(17,18)8(19,20)33-9(21,22)10(23,24)34-11(25,26)12(27,28)35-13(29,30)31/h2,4H,1,3H2/t4-,6+/m0/s1. The van der Waals surface area contributed by atoms with Gasteiger partial charge in [-0.15, -0.1) is 19.8 Å². The van der Waals surface area contributed by atoms with Crippen LogP contribution in [0.1, 0.15) is 6.42 Å². The zero-order valence-electron chi connectivity index (χ0n) is 15.5. The molecule has 4 nitrogen and oxygen atoms in total. The molecule has 1 aliphatic rings. The summed E-state index contributed by atoms with van der Waals surface area (Å²) in [6.45, 7) is 2.64. The van der Waals surface area contributed by atoms with Gasteiger partial charge in [-0.2, -0.15) is 52.7 Å².